The predicted molar refractivity (Wildman–Crippen MR) is 82.8 cm³/mol. The molecule has 1 aromatic carbocycles. The molecule has 0 radical (unpaired) electrons. The van der Waals surface area contributed by atoms with E-state index in [-0.39, 0.29) is 23.2 Å². The first-order valence-corrected chi connectivity index (χ1v) is 7.29. The summed E-state index contributed by atoms with van der Waals surface area (Å²) in [5.41, 5.74) is -0.173. The molecular weight excluding hydrogens is 321 g/mol. The van der Waals surface area contributed by atoms with Crippen molar-refractivity contribution in [1.82, 2.24) is 15.1 Å². The fourth-order valence-electron chi connectivity index (χ4n) is 2.26. The molecule has 23 heavy (non-hydrogen) atoms. The molecule has 5 nitrogen and oxygen atoms in total. The summed E-state index contributed by atoms with van der Waals surface area (Å²) in [6.45, 7) is 0.179. The van der Waals surface area contributed by atoms with Gasteiger partial charge in [-0.1, -0.05) is 17.7 Å². The molecule has 1 atom stereocenters. The second kappa shape index (κ2) is 6.66. The maximum atomic E-state index is 13.8. The lowest BCUT2D eigenvalue weighted by Crippen LogP contribution is -2.32. The monoisotopic (exact) mass is 333 g/mol. The Morgan fingerprint density at radius 3 is 2.87 bits per heavy atom. The Kier molecular flexibility index (Phi) is 4.43. The van der Waals surface area contributed by atoms with E-state index in [1.165, 1.54) is 18.2 Å². The molecule has 118 valence electrons. The van der Waals surface area contributed by atoms with E-state index in [0.717, 1.165) is 0 Å². The number of halogens is 2. The summed E-state index contributed by atoms with van der Waals surface area (Å²) in [6.07, 6.45) is 4.93. The van der Waals surface area contributed by atoms with Gasteiger partial charge in [0.2, 0.25) is 0 Å². The van der Waals surface area contributed by atoms with Crippen LogP contribution in [0.25, 0.3) is 0 Å². The quantitative estimate of drug-likeness (QED) is 0.779. The lowest BCUT2D eigenvalue weighted by Gasteiger charge is -2.16. The number of carbonyl (C=O) groups excluding carboxylic acids is 1. The second-order valence-corrected chi connectivity index (χ2v) is 5.23. The predicted octanol–water partition coefficient (Wildman–Crippen LogP) is 3.29. The first kappa shape index (κ1) is 15.3. The molecule has 2 aromatic heterocycles. The van der Waals surface area contributed by atoms with Crippen LogP contribution in [0.15, 0.2) is 59.5 Å². The number of rotatable bonds is 5. The fraction of sp³-hybridized carbons (Fsp3) is 0.125. The minimum atomic E-state index is -0.663. The summed E-state index contributed by atoms with van der Waals surface area (Å²) >= 11 is 5.90. The van der Waals surface area contributed by atoms with Crippen LogP contribution in [0.4, 0.5) is 4.39 Å². The normalized spacial score (nSPS) is 12.1. The van der Waals surface area contributed by atoms with Crippen molar-refractivity contribution >= 4 is 17.5 Å². The van der Waals surface area contributed by atoms with Crippen LogP contribution in [0.5, 0.6) is 0 Å². The molecule has 0 saturated carbocycles. The lowest BCUT2D eigenvalue weighted by atomic mass is 10.1. The van der Waals surface area contributed by atoms with Gasteiger partial charge in [-0.3, -0.25) is 9.48 Å². The van der Waals surface area contributed by atoms with Crippen molar-refractivity contribution in [3.8, 4) is 0 Å². The highest BCUT2D eigenvalue weighted by molar-refractivity contribution is 6.33. The van der Waals surface area contributed by atoms with Gasteiger partial charge in [0, 0.05) is 18.9 Å². The van der Waals surface area contributed by atoms with Gasteiger partial charge in [-0.2, -0.15) is 5.10 Å². The number of hydrogen-bond acceptors (Lipinski definition) is 3. The van der Waals surface area contributed by atoms with Crippen molar-refractivity contribution in [2.75, 3.05) is 6.54 Å². The van der Waals surface area contributed by atoms with Crippen LogP contribution >= 0.6 is 11.6 Å². The molecule has 1 amide bonds. The summed E-state index contributed by atoms with van der Waals surface area (Å²) in [5, 5.41) is 6.90. The van der Waals surface area contributed by atoms with E-state index < -0.39 is 11.7 Å². The van der Waals surface area contributed by atoms with E-state index in [9.17, 15) is 9.18 Å². The third kappa shape index (κ3) is 3.27. The topological polar surface area (TPSA) is 60.1 Å². The van der Waals surface area contributed by atoms with E-state index in [1.54, 1.807) is 41.5 Å². The molecule has 1 N–H and O–H groups in total. The standard InChI is InChI=1S/C16H13ClFN3O2/c17-11-4-1-5-12(18)15(11)16(22)19-10-13(14-6-2-9-23-14)21-8-3-7-20-21/h1-9,13H,10H2,(H,19,22). The molecule has 3 aromatic rings. The molecule has 0 aliphatic heterocycles. The molecule has 0 saturated heterocycles. The third-order valence-electron chi connectivity index (χ3n) is 3.36. The van der Waals surface area contributed by atoms with Gasteiger partial charge in [0.15, 0.2) is 0 Å². The summed E-state index contributed by atoms with van der Waals surface area (Å²) < 4.78 is 20.8. The van der Waals surface area contributed by atoms with Crippen LogP contribution in [0.3, 0.4) is 0 Å². The van der Waals surface area contributed by atoms with Gasteiger partial charge < -0.3 is 9.73 Å². The Hall–Kier alpha value is -2.60. The Bertz CT molecular complexity index is 733. The van der Waals surface area contributed by atoms with Crippen molar-refractivity contribution in [2.24, 2.45) is 0 Å². The zero-order chi connectivity index (χ0) is 16.2. The Morgan fingerprint density at radius 1 is 1.35 bits per heavy atom. The summed E-state index contributed by atoms with van der Waals surface area (Å²) in [6, 6.07) is 9.08. The fourth-order valence-corrected chi connectivity index (χ4v) is 2.51. The highest BCUT2D eigenvalue weighted by Crippen LogP contribution is 2.20. The number of nitrogens with one attached hydrogen (secondary N) is 1. The lowest BCUT2D eigenvalue weighted by molar-refractivity contribution is 0.0944. The highest BCUT2D eigenvalue weighted by atomic mass is 35.5. The van der Waals surface area contributed by atoms with E-state index >= 15 is 0 Å². The van der Waals surface area contributed by atoms with Gasteiger partial charge in [0.05, 0.1) is 16.8 Å². The maximum absolute atomic E-state index is 13.8. The average Bonchev–Trinajstić information content (AvgIpc) is 3.21. The molecule has 7 heteroatoms. The van der Waals surface area contributed by atoms with Gasteiger partial charge in [0.25, 0.3) is 5.91 Å². The first-order valence-electron chi connectivity index (χ1n) is 6.91. The minimum Gasteiger partial charge on any atom is -0.467 e. The Balaban J connectivity index is 1.78. The van der Waals surface area contributed by atoms with Crippen molar-refractivity contribution in [3.05, 3.63) is 77.2 Å². The molecule has 1 unspecified atom stereocenters. The van der Waals surface area contributed by atoms with Crippen LogP contribution in [-0.2, 0) is 0 Å². The smallest absolute Gasteiger partial charge is 0.255 e. The Morgan fingerprint density at radius 2 is 2.22 bits per heavy atom. The van der Waals surface area contributed by atoms with Crippen LogP contribution in [0.1, 0.15) is 22.2 Å². The van der Waals surface area contributed by atoms with Crippen molar-refractivity contribution in [3.63, 3.8) is 0 Å². The van der Waals surface area contributed by atoms with Gasteiger partial charge in [-0.05, 0) is 30.3 Å². The average molecular weight is 334 g/mol. The van der Waals surface area contributed by atoms with Gasteiger partial charge in [-0.25, -0.2) is 4.39 Å². The number of amides is 1. The number of benzene rings is 1. The molecule has 3 rings (SSSR count). The molecule has 0 spiro atoms. The van der Waals surface area contributed by atoms with E-state index in [1.807, 2.05) is 0 Å². The Labute approximate surface area is 136 Å². The summed E-state index contributed by atoms with van der Waals surface area (Å²) in [4.78, 5) is 12.2. The van der Waals surface area contributed by atoms with Crippen molar-refractivity contribution in [2.45, 2.75) is 6.04 Å². The van der Waals surface area contributed by atoms with Crippen molar-refractivity contribution < 1.29 is 13.6 Å². The van der Waals surface area contributed by atoms with Crippen LogP contribution in [-0.4, -0.2) is 22.2 Å². The van der Waals surface area contributed by atoms with E-state index in [2.05, 4.69) is 10.4 Å². The van der Waals surface area contributed by atoms with Gasteiger partial charge in [-0.15, -0.1) is 0 Å². The molecular formula is C16H13ClFN3O2. The van der Waals surface area contributed by atoms with E-state index in [4.69, 9.17) is 16.0 Å². The molecule has 0 aliphatic carbocycles. The minimum absolute atomic E-state index is 0.0659. The van der Waals surface area contributed by atoms with Crippen LogP contribution in [0, 0.1) is 5.82 Å². The van der Waals surface area contributed by atoms with Gasteiger partial charge in [0.1, 0.15) is 17.6 Å². The summed E-state index contributed by atoms with van der Waals surface area (Å²) in [7, 11) is 0. The van der Waals surface area contributed by atoms with Gasteiger partial charge >= 0.3 is 0 Å². The zero-order valence-electron chi connectivity index (χ0n) is 11.9. The maximum Gasteiger partial charge on any atom is 0.255 e. The number of aromatic nitrogens is 2. The molecule has 0 fully saturated rings. The summed E-state index contributed by atoms with van der Waals surface area (Å²) in [5.74, 6) is -0.617. The molecule has 0 aliphatic rings. The third-order valence-corrected chi connectivity index (χ3v) is 3.68. The number of hydrogen-bond donors (Lipinski definition) is 1. The molecule has 2 heterocycles. The number of carbonyl (C=O) groups is 1. The first-order chi connectivity index (χ1) is 11.2. The molecule has 0 bridgehead atoms. The SMILES string of the molecule is O=C(NCC(c1ccco1)n1cccn1)c1c(F)cccc1Cl. The number of nitrogens with zero attached hydrogens (tertiary/aromatic N) is 2. The number of furan rings is 1. The highest BCUT2D eigenvalue weighted by Gasteiger charge is 2.21. The van der Waals surface area contributed by atoms with Crippen molar-refractivity contribution in [1.29, 1.82) is 0 Å². The second-order valence-electron chi connectivity index (χ2n) is 4.82. The van der Waals surface area contributed by atoms with Crippen LogP contribution < -0.4 is 5.32 Å². The van der Waals surface area contributed by atoms with Crippen LogP contribution in [0.2, 0.25) is 5.02 Å². The van der Waals surface area contributed by atoms with E-state index in [0.29, 0.717) is 5.76 Å². The zero-order valence-corrected chi connectivity index (χ0v) is 12.7. The largest absolute Gasteiger partial charge is 0.467 e.